The van der Waals surface area contributed by atoms with E-state index in [1.165, 1.54) is 11.1 Å². The van der Waals surface area contributed by atoms with Crippen LogP contribution in [0.4, 0.5) is 23.9 Å². The van der Waals surface area contributed by atoms with Crippen LogP contribution in [0.2, 0.25) is 0 Å². The molecule has 0 radical (unpaired) electrons. The molecule has 134 valence electrons. The molecule has 1 fully saturated rings. The molecule has 1 N–H and O–H groups in total. The van der Waals surface area contributed by atoms with Gasteiger partial charge in [-0.2, -0.15) is 13.2 Å². The quantitative estimate of drug-likeness (QED) is 0.847. The van der Waals surface area contributed by atoms with Gasteiger partial charge in [0, 0.05) is 37.4 Å². The molecule has 1 aromatic heterocycles. The van der Waals surface area contributed by atoms with Crippen LogP contribution in [0.5, 0.6) is 0 Å². The first-order valence-electron chi connectivity index (χ1n) is 7.60. The van der Waals surface area contributed by atoms with Crippen LogP contribution in [0.15, 0.2) is 6.20 Å². The van der Waals surface area contributed by atoms with Crippen LogP contribution < -0.4 is 4.90 Å². The van der Waals surface area contributed by atoms with E-state index in [1.807, 2.05) is 0 Å². The van der Waals surface area contributed by atoms with E-state index < -0.39 is 23.4 Å². The molecule has 24 heavy (non-hydrogen) atoms. The summed E-state index contributed by atoms with van der Waals surface area (Å²) in [6.07, 6.45) is -4.39. The number of hydrogen-bond acceptors (Lipinski definition) is 4. The number of carboxylic acid groups (broad SMARTS) is 1. The maximum absolute atomic E-state index is 13.4. The average molecular weight is 346 g/mol. The Balaban J connectivity index is 2.38. The monoisotopic (exact) mass is 346 g/mol. The summed E-state index contributed by atoms with van der Waals surface area (Å²) in [5, 5.41) is 9.02. The van der Waals surface area contributed by atoms with Crippen LogP contribution in [0, 0.1) is 0 Å². The first kappa shape index (κ1) is 18.3. The van der Waals surface area contributed by atoms with Gasteiger partial charge in [-0.3, -0.25) is 0 Å². The van der Waals surface area contributed by atoms with Gasteiger partial charge in [0.25, 0.3) is 0 Å². The standard InChI is InChI=1S/C15H21F3N4O2/c1-9-8-21(13(23)24)5-6-22(9)12-19-7-10(14(2,3)4)11(20-12)15(16,17)18/h7,9H,5-6,8H2,1-4H3,(H,23,24). The van der Waals surface area contributed by atoms with Gasteiger partial charge in [0.2, 0.25) is 5.95 Å². The summed E-state index contributed by atoms with van der Waals surface area (Å²) in [6.45, 7) is 7.41. The summed E-state index contributed by atoms with van der Waals surface area (Å²) in [7, 11) is 0. The number of halogens is 3. The zero-order valence-corrected chi connectivity index (χ0v) is 14.1. The third-order valence-electron chi connectivity index (χ3n) is 4.01. The van der Waals surface area contributed by atoms with Crippen LogP contribution in [-0.2, 0) is 11.6 Å². The molecule has 6 nitrogen and oxygen atoms in total. The van der Waals surface area contributed by atoms with Gasteiger partial charge in [-0.25, -0.2) is 14.8 Å². The summed E-state index contributed by atoms with van der Waals surface area (Å²) in [4.78, 5) is 21.7. The Hall–Kier alpha value is -2.06. The van der Waals surface area contributed by atoms with E-state index in [1.54, 1.807) is 32.6 Å². The van der Waals surface area contributed by atoms with Crippen LogP contribution in [-0.4, -0.2) is 51.7 Å². The van der Waals surface area contributed by atoms with Crippen molar-refractivity contribution in [2.45, 2.75) is 45.3 Å². The Morgan fingerprint density at radius 3 is 2.38 bits per heavy atom. The van der Waals surface area contributed by atoms with Gasteiger partial charge in [-0.1, -0.05) is 20.8 Å². The molecule has 9 heteroatoms. The minimum atomic E-state index is -4.58. The zero-order chi connectivity index (χ0) is 18.3. The maximum atomic E-state index is 13.4. The van der Waals surface area contributed by atoms with Crippen LogP contribution >= 0.6 is 0 Å². The molecule has 0 bridgehead atoms. The lowest BCUT2D eigenvalue weighted by Gasteiger charge is -2.39. The number of carbonyl (C=O) groups is 1. The highest BCUT2D eigenvalue weighted by atomic mass is 19.4. The number of piperazine rings is 1. The molecule has 1 atom stereocenters. The Bertz CT molecular complexity index is 628. The summed E-state index contributed by atoms with van der Waals surface area (Å²) >= 11 is 0. The fourth-order valence-corrected chi connectivity index (χ4v) is 2.70. The fourth-order valence-electron chi connectivity index (χ4n) is 2.70. The van der Waals surface area contributed by atoms with Crippen molar-refractivity contribution in [1.29, 1.82) is 0 Å². The van der Waals surface area contributed by atoms with Gasteiger partial charge in [-0.05, 0) is 12.3 Å². The summed E-state index contributed by atoms with van der Waals surface area (Å²) in [6, 6.07) is -0.309. The zero-order valence-electron chi connectivity index (χ0n) is 14.1. The second-order valence-corrected chi connectivity index (χ2v) is 6.95. The van der Waals surface area contributed by atoms with Gasteiger partial charge < -0.3 is 14.9 Å². The number of hydrogen-bond donors (Lipinski definition) is 1. The third-order valence-corrected chi connectivity index (χ3v) is 4.01. The highest BCUT2D eigenvalue weighted by molar-refractivity contribution is 5.65. The van der Waals surface area contributed by atoms with Crippen molar-refractivity contribution >= 4 is 12.0 Å². The van der Waals surface area contributed by atoms with E-state index in [9.17, 15) is 18.0 Å². The summed E-state index contributed by atoms with van der Waals surface area (Å²) in [5.41, 5.74) is -1.64. The van der Waals surface area contributed by atoms with Crippen molar-refractivity contribution < 1.29 is 23.1 Å². The topological polar surface area (TPSA) is 69.6 Å². The van der Waals surface area contributed by atoms with Gasteiger partial charge in [0.1, 0.15) is 0 Å². The van der Waals surface area contributed by atoms with E-state index in [0.717, 1.165) is 0 Å². The van der Waals surface area contributed by atoms with Gasteiger partial charge in [0.05, 0.1) is 0 Å². The molecule has 0 spiro atoms. The molecule has 1 aliphatic rings. The van der Waals surface area contributed by atoms with Crippen LogP contribution in [0.3, 0.4) is 0 Å². The molecule has 1 aliphatic heterocycles. The fraction of sp³-hybridized carbons (Fsp3) is 0.667. The predicted octanol–water partition coefficient (Wildman–Crippen LogP) is 2.98. The molecule has 1 unspecified atom stereocenters. The molecular formula is C15H21F3N4O2. The minimum Gasteiger partial charge on any atom is -0.465 e. The van der Waals surface area contributed by atoms with Crippen molar-refractivity contribution in [3.63, 3.8) is 0 Å². The normalized spacial score (nSPS) is 19.5. The molecule has 0 aliphatic carbocycles. The van der Waals surface area contributed by atoms with Gasteiger partial charge in [-0.15, -0.1) is 0 Å². The number of nitrogens with zero attached hydrogens (tertiary/aromatic N) is 4. The molecule has 1 saturated heterocycles. The smallest absolute Gasteiger partial charge is 0.433 e. The average Bonchev–Trinajstić information content (AvgIpc) is 2.44. The number of amides is 1. The molecule has 2 rings (SSSR count). The van der Waals surface area contributed by atoms with Crippen molar-refractivity contribution in [1.82, 2.24) is 14.9 Å². The number of aromatic nitrogens is 2. The minimum absolute atomic E-state index is 0.0205. The number of anilines is 1. The Kier molecular flexibility index (Phi) is 4.65. The largest absolute Gasteiger partial charge is 0.465 e. The molecule has 0 saturated carbocycles. The van der Waals surface area contributed by atoms with Crippen LogP contribution in [0.25, 0.3) is 0 Å². The van der Waals surface area contributed by atoms with Crippen molar-refractivity contribution in [3.8, 4) is 0 Å². The predicted molar refractivity (Wildman–Crippen MR) is 82.1 cm³/mol. The highest BCUT2D eigenvalue weighted by Crippen LogP contribution is 2.36. The van der Waals surface area contributed by atoms with Crippen LogP contribution in [0.1, 0.15) is 39.0 Å². The first-order chi connectivity index (χ1) is 10.9. The SMILES string of the molecule is CC1CN(C(=O)O)CCN1c1ncc(C(C)(C)C)c(C(F)(F)F)n1. The number of rotatable bonds is 1. The highest BCUT2D eigenvalue weighted by Gasteiger charge is 2.40. The Labute approximate surface area is 138 Å². The van der Waals surface area contributed by atoms with Gasteiger partial charge in [0.15, 0.2) is 5.69 Å². The lowest BCUT2D eigenvalue weighted by atomic mass is 9.86. The molecular weight excluding hydrogens is 325 g/mol. The van der Waals surface area contributed by atoms with Crippen molar-refractivity contribution in [3.05, 3.63) is 17.5 Å². The second-order valence-electron chi connectivity index (χ2n) is 6.95. The molecule has 0 aromatic carbocycles. The second kappa shape index (κ2) is 6.10. The number of alkyl halides is 3. The third kappa shape index (κ3) is 3.70. The molecule has 1 amide bonds. The van der Waals surface area contributed by atoms with E-state index >= 15 is 0 Å². The van der Waals surface area contributed by atoms with E-state index in [4.69, 9.17) is 5.11 Å². The maximum Gasteiger partial charge on any atom is 0.433 e. The Morgan fingerprint density at radius 1 is 1.29 bits per heavy atom. The van der Waals surface area contributed by atoms with Crippen molar-refractivity contribution in [2.75, 3.05) is 24.5 Å². The lowest BCUT2D eigenvalue weighted by molar-refractivity contribution is -0.142. The van der Waals surface area contributed by atoms with E-state index in [2.05, 4.69) is 9.97 Å². The summed E-state index contributed by atoms with van der Waals surface area (Å²) in [5.74, 6) is -0.0205. The first-order valence-corrected chi connectivity index (χ1v) is 7.60. The van der Waals surface area contributed by atoms with Gasteiger partial charge >= 0.3 is 12.3 Å². The van der Waals surface area contributed by atoms with E-state index in [0.29, 0.717) is 0 Å². The lowest BCUT2D eigenvalue weighted by Crippen LogP contribution is -2.54. The molecule has 2 heterocycles. The molecule has 1 aromatic rings. The summed E-state index contributed by atoms with van der Waals surface area (Å²) < 4.78 is 40.2. The van der Waals surface area contributed by atoms with E-state index in [-0.39, 0.29) is 37.2 Å². The Morgan fingerprint density at radius 2 is 1.92 bits per heavy atom. The van der Waals surface area contributed by atoms with Crippen molar-refractivity contribution in [2.24, 2.45) is 0 Å².